The van der Waals surface area contributed by atoms with E-state index < -0.39 is 5.97 Å². The summed E-state index contributed by atoms with van der Waals surface area (Å²) >= 11 is 0. The molecular weight excluding hydrogens is 204 g/mol. The minimum absolute atomic E-state index is 0.327. The van der Waals surface area contributed by atoms with Gasteiger partial charge in [0, 0.05) is 6.04 Å². The van der Waals surface area contributed by atoms with Crippen LogP contribution < -0.4 is 0 Å². The Morgan fingerprint density at radius 2 is 2.25 bits per heavy atom. The fourth-order valence-corrected chi connectivity index (χ4v) is 2.11. The molecule has 0 saturated heterocycles. The van der Waals surface area contributed by atoms with Crippen LogP contribution in [-0.2, 0) is 0 Å². The molecule has 1 heterocycles. The molecule has 3 rings (SSSR count). The van der Waals surface area contributed by atoms with Gasteiger partial charge in [0.15, 0.2) is 0 Å². The molecule has 1 aliphatic carbocycles. The van der Waals surface area contributed by atoms with Gasteiger partial charge < -0.3 is 9.67 Å². The van der Waals surface area contributed by atoms with Gasteiger partial charge in [-0.3, -0.25) is 0 Å². The van der Waals surface area contributed by atoms with E-state index in [0.717, 1.165) is 11.0 Å². The number of aromatic carboxylic acids is 1. The third kappa shape index (κ3) is 1.30. The second kappa shape index (κ2) is 3.33. The van der Waals surface area contributed by atoms with Crippen molar-refractivity contribution in [2.75, 3.05) is 0 Å². The van der Waals surface area contributed by atoms with Crippen molar-refractivity contribution in [3.63, 3.8) is 0 Å². The van der Waals surface area contributed by atoms with Crippen molar-refractivity contribution in [1.82, 2.24) is 9.55 Å². The van der Waals surface area contributed by atoms with E-state index in [9.17, 15) is 4.79 Å². The van der Waals surface area contributed by atoms with Crippen molar-refractivity contribution >= 4 is 17.0 Å². The average Bonchev–Trinajstić information content (AvgIpc) is 2.59. The predicted octanol–water partition coefficient (Wildman–Crippen LogP) is 2.46. The van der Waals surface area contributed by atoms with Gasteiger partial charge in [-0.2, -0.15) is 0 Å². The summed E-state index contributed by atoms with van der Waals surface area (Å²) in [6.07, 6.45) is 5.41. The van der Waals surface area contributed by atoms with Crippen LogP contribution >= 0.6 is 0 Å². The highest BCUT2D eigenvalue weighted by Gasteiger charge is 2.21. The number of fused-ring (bicyclic) bond motifs is 1. The second-order valence-electron chi connectivity index (χ2n) is 4.25. The van der Waals surface area contributed by atoms with E-state index in [1.165, 1.54) is 19.3 Å². The minimum atomic E-state index is -0.886. The first kappa shape index (κ1) is 9.39. The second-order valence-corrected chi connectivity index (χ2v) is 4.25. The van der Waals surface area contributed by atoms with Crippen LogP contribution in [-0.4, -0.2) is 20.6 Å². The van der Waals surface area contributed by atoms with Crippen LogP contribution in [0.2, 0.25) is 0 Å². The molecule has 1 aromatic heterocycles. The molecular formula is C12H12N2O2. The van der Waals surface area contributed by atoms with Gasteiger partial charge in [-0.05, 0) is 37.5 Å². The fraction of sp³-hybridized carbons (Fsp3) is 0.333. The number of carboxylic acid groups (broad SMARTS) is 1. The summed E-state index contributed by atoms with van der Waals surface area (Å²) in [6.45, 7) is 0. The highest BCUT2D eigenvalue weighted by Crippen LogP contribution is 2.33. The molecule has 1 N–H and O–H groups in total. The van der Waals surface area contributed by atoms with E-state index in [0.29, 0.717) is 11.6 Å². The van der Waals surface area contributed by atoms with Gasteiger partial charge in [0.25, 0.3) is 0 Å². The summed E-state index contributed by atoms with van der Waals surface area (Å²) in [5.74, 6) is -0.886. The molecule has 16 heavy (non-hydrogen) atoms. The lowest BCUT2D eigenvalue weighted by atomic mass is 9.93. The largest absolute Gasteiger partial charge is 0.478 e. The molecule has 4 heteroatoms. The van der Waals surface area contributed by atoms with Crippen molar-refractivity contribution in [3.05, 3.63) is 30.1 Å². The van der Waals surface area contributed by atoms with Gasteiger partial charge in [-0.25, -0.2) is 9.78 Å². The zero-order valence-electron chi connectivity index (χ0n) is 8.76. The number of benzene rings is 1. The molecule has 1 aliphatic rings. The molecule has 4 nitrogen and oxygen atoms in total. The van der Waals surface area contributed by atoms with E-state index >= 15 is 0 Å². The maximum atomic E-state index is 10.9. The smallest absolute Gasteiger partial charge is 0.335 e. The first-order valence-electron chi connectivity index (χ1n) is 5.45. The van der Waals surface area contributed by atoms with Gasteiger partial charge in [0.05, 0.1) is 22.9 Å². The molecule has 1 aromatic carbocycles. The maximum absolute atomic E-state index is 10.9. The number of carboxylic acids is 1. The summed E-state index contributed by atoms with van der Waals surface area (Å²) in [4.78, 5) is 15.2. The van der Waals surface area contributed by atoms with Gasteiger partial charge in [0.2, 0.25) is 0 Å². The predicted molar refractivity (Wildman–Crippen MR) is 59.6 cm³/mol. The Labute approximate surface area is 92.5 Å². The maximum Gasteiger partial charge on any atom is 0.335 e. The lowest BCUT2D eigenvalue weighted by Gasteiger charge is -2.27. The number of hydrogen-bond acceptors (Lipinski definition) is 2. The highest BCUT2D eigenvalue weighted by molar-refractivity contribution is 5.92. The van der Waals surface area contributed by atoms with Gasteiger partial charge in [0.1, 0.15) is 0 Å². The Bertz CT molecular complexity index is 555. The summed E-state index contributed by atoms with van der Waals surface area (Å²) in [5.41, 5.74) is 2.13. The standard InChI is InChI=1S/C12H12N2O2/c15-12(16)8-4-5-10-11(6-8)14(7-13-10)9-2-1-3-9/h4-7,9H,1-3H2,(H,15,16). The summed E-state index contributed by atoms with van der Waals surface area (Å²) in [7, 11) is 0. The number of imidazole rings is 1. The highest BCUT2D eigenvalue weighted by atomic mass is 16.4. The van der Waals surface area contributed by atoms with E-state index in [2.05, 4.69) is 9.55 Å². The summed E-state index contributed by atoms with van der Waals surface area (Å²) in [6, 6.07) is 5.59. The number of rotatable bonds is 2. The summed E-state index contributed by atoms with van der Waals surface area (Å²) in [5, 5.41) is 8.95. The van der Waals surface area contributed by atoms with Crippen LogP contribution in [0.1, 0.15) is 35.7 Å². The lowest BCUT2D eigenvalue weighted by Crippen LogP contribution is -2.15. The normalized spacial score (nSPS) is 16.2. The Balaban J connectivity index is 2.15. The first-order valence-corrected chi connectivity index (χ1v) is 5.45. The van der Waals surface area contributed by atoms with Crippen molar-refractivity contribution < 1.29 is 9.90 Å². The molecule has 0 spiro atoms. The van der Waals surface area contributed by atoms with Crippen molar-refractivity contribution in [1.29, 1.82) is 0 Å². The van der Waals surface area contributed by atoms with E-state index in [-0.39, 0.29) is 0 Å². The zero-order chi connectivity index (χ0) is 11.1. The third-order valence-corrected chi connectivity index (χ3v) is 3.29. The fourth-order valence-electron chi connectivity index (χ4n) is 2.11. The van der Waals surface area contributed by atoms with Crippen LogP contribution in [0.4, 0.5) is 0 Å². The minimum Gasteiger partial charge on any atom is -0.478 e. The van der Waals surface area contributed by atoms with E-state index in [4.69, 9.17) is 5.11 Å². The van der Waals surface area contributed by atoms with Crippen LogP contribution in [0.3, 0.4) is 0 Å². The van der Waals surface area contributed by atoms with Gasteiger partial charge in [-0.15, -0.1) is 0 Å². The SMILES string of the molecule is O=C(O)c1ccc2ncn(C3CCC3)c2c1. The monoisotopic (exact) mass is 216 g/mol. The Hall–Kier alpha value is -1.84. The molecule has 0 unspecified atom stereocenters. The van der Waals surface area contributed by atoms with E-state index in [1.807, 2.05) is 6.33 Å². The molecule has 2 aromatic rings. The first-order chi connectivity index (χ1) is 7.75. The van der Waals surface area contributed by atoms with Crippen molar-refractivity contribution in [3.8, 4) is 0 Å². The summed E-state index contributed by atoms with van der Waals surface area (Å²) < 4.78 is 2.10. The van der Waals surface area contributed by atoms with Gasteiger partial charge in [-0.1, -0.05) is 0 Å². The lowest BCUT2D eigenvalue weighted by molar-refractivity contribution is 0.0697. The molecule has 0 amide bonds. The molecule has 0 bridgehead atoms. The van der Waals surface area contributed by atoms with Crippen LogP contribution in [0.15, 0.2) is 24.5 Å². The molecule has 1 saturated carbocycles. The van der Waals surface area contributed by atoms with Crippen LogP contribution in [0.25, 0.3) is 11.0 Å². The zero-order valence-corrected chi connectivity index (χ0v) is 8.76. The number of hydrogen-bond donors (Lipinski definition) is 1. The van der Waals surface area contributed by atoms with Crippen molar-refractivity contribution in [2.45, 2.75) is 25.3 Å². The number of nitrogens with zero attached hydrogens (tertiary/aromatic N) is 2. The van der Waals surface area contributed by atoms with Crippen molar-refractivity contribution in [2.24, 2.45) is 0 Å². The van der Waals surface area contributed by atoms with Crippen LogP contribution in [0.5, 0.6) is 0 Å². The molecule has 1 fully saturated rings. The average molecular weight is 216 g/mol. The Kier molecular flexibility index (Phi) is 1.96. The Morgan fingerprint density at radius 3 is 2.88 bits per heavy atom. The third-order valence-electron chi connectivity index (χ3n) is 3.29. The number of carbonyl (C=O) groups is 1. The molecule has 0 atom stereocenters. The van der Waals surface area contributed by atoms with Gasteiger partial charge >= 0.3 is 5.97 Å². The topological polar surface area (TPSA) is 55.1 Å². The molecule has 0 aliphatic heterocycles. The number of aromatic nitrogens is 2. The van der Waals surface area contributed by atoms with Crippen LogP contribution in [0, 0.1) is 0 Å². The molecule has 0 radical (unpaired) electrons. The Morgan fingerprint density at radius 1 is 1.44 bits per heavy atom. The molecule has 82 valence electrons. The quantitative estimate of drug-likeness (QED) is 0.838. The van der Waals surface area contributed by atoms with E-state index in [1.54, 1.807) is 18.2 Å².